The molecule has 1 N–H and O–H groups in total. The highest BCUT2D eigenvalue weighted by atomic mass is 127. The lowest BCUT2D eigenvalue weighted by Crippen LogP contribution is -2.39. The monoisotopic (exact) mass is 575 g/mol. The van der Waals surface area contributed by atoms with Crippen molar-refractivity contribution < 1.29 is 4.74 Å². The lowest BCUT2D eigenvalue weighted by molar-refractivity contribution is 0.122. The summed E-state index contributed by atoms with van der Waals surface area (Å²) in [5.74, 6) is 0.916. The van der Waals surface area contributed by atoms with Gasteiger partial charge in [0.15, 0.2) is 5.96 Å². The molecule has 160 valence electrons. The molecule has 2 aromatic rings. The van der Waals surface area contributed by atoms with Gasteiger partial charge in [0.1, 0.15) is 0 Å². The van der Waals surface area contributed by atoms with E-state index in [2.05, 4.69) is 93.2 Å². The van der Waals surface area contributed by atoms with Gasteiger partial charge in [-0.25, -0.2) is 4.99 Å². The van der Waals surface area contributed by atoms with Gasteiger partial charge in [0.2, 0.25) is 0 Å². The number of morpholine rings is 1. The van der Waals surface area contributed by atoms with Gasteiger partial charge >= 0.3 is 0 Å². The van der Waals surface area contributed by atoms with Crippen LogP contribution in [0.3, 0.4) is 0 Å². The summed E-state index contributed by atoms with van der Waals surface area (Å²) >= 11 is 3.61. The summed E-state index contributed by atoms with van der Waals surface area (Å²) < 4.78 is 8.75. The van der Waals surface area contributed by atoms with Crippen LogP contribution in [-0.4, -0.2) is 55.3 Å². The normalized spacial score (nSPS) is 14.5. The van der Waals surface area contributed by atoms with Crippen LogP contribution in [0.5, 0.6) is 0 Å². The number of nitrogens with zero attached hydrogens (tertiary/aromatic N) is 4. The zero-order valence-electron chi connectivity index (χ0n) is 17.4. The van der Waals surface area contributed by atoms with Crippen molar-refractivity contribution in [1.82, 2.24) is 14.8 Å². The second kappa shape index (κ2) is 11.8. The van der Waals surface area contributed by atoms with Crippen molar-refractivity contribution >= 4 is 51.6 Å². The molecule has 1 saturated heterocycles. The van der Waals surface area contributed by atoms with Crippen molar-refractivity contribution in [3.63, 3.8) is 0 Å². The summed E-state index contributed by atoms with van der Waals surface area (Å²) in [7, 11) is 4.16. The first-order valence-electron chi connectivity index (χ1n) is 9.79. The van der Waals surface area contributed by atoms with E-state index in [9.17, 15) is 0 Å². The third-order valence-corrected chi connectivity index (χ3v) is 5.44. The topological polar surface area (TPSA) is 45.0 Å². The number of aryl methyl sites for hydroxylation is 1. The molecule has 0 bridgehead atoms. The quantitative estimate of drug-likeness (QED) is 0.323. The Morgan fingerprint density at radius 3 is 2.69 bits per heavy atom. The summed E-state index contributed by atoms with van der Waals surface area (Å²) in [6.45, 7) is 7.78. The fourth-order valence-electron chi connectivity index (χ4n) is 3.38. The minimum Gasteiger partial charge on any atom is -0.378 e. The number of hydrogen-bond donors (Lipinski definition) is 1. The molecule has 1 aromatic heterocycles. The smallest absolute Gasteiger partial charge is 0.194 e. The Morgan fingerprint density at radius 2 is 2.03 bits per heavy atom. The van der Waals surface area contributed by atoms with E-state index >= 15 is 0 Å². The number of ether oxygens (including phenoxy) is 1. The molecule has 1 aliphatic heterocycles. The van der Waals surface area contributed by atoms with Gasteiger partial charge in [-0.1, -0.05) is 22.0 Å². The van der Waals surface area contributed by atoms with Gasteiger partial charge in [-0.05, 0) is 36.8 Å². The molecule has 1 fully saturated rings. The van der Waals surface area contributed by atoms with E-state index in [1.807, 2.05) is 0 Å². The average molecular weight is 576 g/mol. The molecular formula is C21H31BrIN5O. The van der Waals surface area contributed by atoms with Crippen molar-refractivity contribution in [3.8, 4) is 0 Å². The van der Waals surface area contributed by atoms with Gasteiger partial charge in [-0.2, -0.15) is 0 Å². The number of aliphatic imine (C=N–C) groups is 1. The number of rotatable bonds is 6. The van der Waals surface area contributed by atoms with Crippen LogP contribution in [0.4, 0.5) is 5.69 Å². The standard InChI is InChI=1S/C21H30BrN5O.HI/c1-4-23-21(26(3)16-19-6-5-9-25(19)2)24-15-17-7-8-18(22)14-20(17)27-10-12-28-13-11-27;/h5-9,14H,4,10-13,15-16H2,1-3H3,(H,23,24);1H. The predicted molar refractivity (Wildman–Crippen MR) is 134 cm³/mol. The van der Waals surface area contributed by atoms with Crippen LogP contribution < -0.4 is 10.2 Å². The van der Waals surface area contributed by atoms with Gasteiger partial charge in [-0.15, -0.1) is 24.0 Å². The van der Waals surface area contributed by atoms with Crippen molar-refractivity contribution in [3.05, 3.63) is 52.3 Å². The van der Waals surface area contributed by atoms with Crippen LogP contribution in [0.25, 0.3) is 0 Å². The van der Waals surface area contributed by atoms with Crippen LogP contribution in [0.1, 0.15) is 18.2 Å². The first kappa shape index (κ1) is 24.0. The molecule has 0 radical (unpaired) electrons. The van der Waals surface area contributed by atoms with Crippen molar-refractivity contribution in [2.45, 2.75) is 20.0 Å². The maximum atomic E-state index is 5.51. The first-order chi connectivity index (χ1) is 13.6. The molecule has 1 aromatic carbocycles. The lowest BCUT2D eigenvalue weighted by Gasteiger charge is -2.30. The molecule has 1 aliphatic rings. The number of benzene rings is 1. The maximum Gasteiger partial charge on any atom is 0.194 e. The molecule has 0 atom stereocenters. The SMILES string of the molecule is CCNC(=NCc1ccc(Br)cc1N1CCOCC1)N(C)Cc1cccn1C.I. The molecule has 3 rings (SSSR count). The molecular weight excluding hydrogens is 545 g/mol. The van der Waals surface area contributed by atoms with Crippen molar-refractivity contribution in [2.75, 3.05) is 44.8 Å². The van der Waals surface area contributed by atoms with Crippen LogP contribution in [0.2, 0.25) is 0 Å². The molecule has 6 nitrogen and oxygen atoms in total. The maximum absolute atomic E-state index is 5.51. The zero-order valence-corrected chi connectivity index (χ0v) is 21.3. The average Bonchev–Trinajstić information content (AvgIpc) is 3.11. The second-order valence-electron chi connectivity index (χ2n) is 7.01. The van der Waals surface area contributed by atoms with Crippen LogP contribution in [-0.2, 0) is 24.9 Å². The molecule has 0 amide bonds. The molecule has 0 spiro atoms. The van der Waals surface area contributed by atoms with Crippen LogP contribution in [0, 0.1) is 0 Å². The van der Waals surface area contributed by atoms with Gasteiger partial charge in [0.05, 0.1) is 26.3 Å². The molecule has 0 saturated carbocycles. The Balaban J connectivity index is 0.00000300. The van der Waals surface area contributed by atoms with E-state index in [0.29, 0.717) is 6.54 Å². The summed E-state index contributed by atoms with van der Waals surface area (Å²) in [5, 5.41) is 3.42. The minimum absolute atomic E-state index is 0. The highest BCUT2D eigenvalue weighted by Crippen LogP contribution is 2.27. The summed E-state index contributed by atoms with van der Waals surface area (Å²) in [5.41, 5.74) is 3.72. The van der Waals surface area contributed by atoms with E-state index in [-0.39, 0.29) is 24.0 Å². The van der Waals surface area contributed by atoms with Gasteiger partial charge in [0, 0.05) is 55.8 Å². The van der Waals surface area contributed by atoms with Gasteiger partial charge in [-0.3, -0.25) is 0 Å². The first-order valence-corrected chi connectivity index (χ1v) is 10.6. The van der Waals surface area contributed by atoms with Crippen LogP contribution >= 0.6 is 39.9 Å². The lowest BCUT2D eigenvalue weighted by atomic mass is 10.1. The predicted octanol–water partition coefficient (Wildman–Crippen LogP) is 3.84. The van der Waals surface area contributed by atoms with Crippen molar-refractivity contribution in [1.29, 1.82) is 0 Å². The molecule has 0 aliphatic carbocycles. The molecule has 0 unspecified atom stereocenters. The number of aromatic nitrogens is 1. The Kier molecular flexibility index (Phi) is 9.78. The number of halogens is 2. The Morgan fingerprint density at radius 1 is 1.28 bits per heavy atom. The summed E-state index contributed by atoms with van der Waals surface area (Å²) in [6, 6.07) is 10.7. The van der Waals surface area contributed by atoms with Crippen LogP contribution in [0.15, 0.2) is 46.0 Å². The van der Waals surface area contributed by atoms with E-state index in [1.165, 1.54) is 16.9 Å². The fraction of sp³-hybridized carbons (Fsp3) is 0.476. The highest BCUT2D eigenvalue weighted by molar-refractivity contribution is 14.0. The molecule has 29 heavy (non-hydrogen) atoms. The summed E-state index contributed by atoms with van der Waals surface area (Å²) in [6.07, 6.45) is 2.07. The number of nitrogens with one attached hydrogen (secondary N) is 1. The second-order valence-corrected chi connectivity index (χ2v) is 7.92. The Bertz CT molecular complexity index is 804. The third kappa shape index (κ3) is 6.62. The van der Waals surface area contributed by atoms with E-state index in [0.717, 1.165) is 49.8 Å². The summed E-state index contributed by atoms with van der Waals surface area (Å²) in [4.78, 5) is 9.49. The Labute approximate surface area is 199 Å². The van der Waals surface area contributed by atoms with E-state index in [4.69, 9.17) is 9.73 Å². The molecule has 8 heteroatoms. The number of anilines is 1. The van der Waals surface area contributed by atoms with Gasteiger partial charge in [0.25, 0.3) is 0 Å². The third-order valence-electron chi connectivity index (χ3n) is 4.95. The largest absolute Gasteiger partial charge is 0.378 e. The number of guanidine groups is 1. The van der Waals surface area contributed by atoms with E-state index < -0.39 is 0 Å². The Hall–Kier alpha value is -1.26. The zero-order chi connectivity index (χ0) is 19.9. The highest BCUT2D eigenvalue weighted by Gasteiger charge is 2.16. The minimum atomic E-state index is 0. The van der Waals surface area contributed by atoms with E-state index in [1.54, 1.807) is 0 Å². The fourth-order valence-corrected chi connectivity index (χ4v) is 3.73. The van der Waals surface area contributed by atoms with Crippen molar-refractivity contribution in [2.24, 2.45) is 12.0 Å². The van der Waals surface area contributed by atoms with Gasteiger partial charge < -0.3 is 24.4 Å². The molecule has 2 heterocycles. The number of hydrogen-bond acceptors (Lipinski definition) is 3.